The van der Waals surface area contributed by atoms with Crippen LogP contribution >= 0.6 is 12.4 Å². The molecule has 34 heavy (non-hydrogen) atoms. The van der Waals surface area contributed by atoms with Crippen LogP contribution in [-0.4, -0.2) is 47.0 Å². The van der Waals surface area contributed by atoms with Gasteiger partial charge in [0.25, 0.3) is 5.56 Å². The van der Waals surface area contributed by atoms with Crippen LogP contribution in [0.4, 0.5) is 19.3 Å². The summed E-state index contributed by atoms with van der Waals surface area (Å²) in [6, 6.07) is 12.8. The van der Waals surface area contributed by atoms with E-state index >= 15 is 0 Å². The molecule has 1 saturated heterocycles. The van der Waals surface area contributed by atoms with Crippen LogP contribution in [0, 0.1) is 11.6 Å². The number of rotatable bonds is 7. The van der Waals surface area contributed by atoms with Crippen molar-refractivity contribution in [3.63, 3.8) is 0 Å². The van der Waals surface area contributed by atoms with Gasteiger partial charge in [-0.05, 0) is 61.8 Å². The molecule has 0 saturated carbocycles. The zero-order chi connectivity index (χ0) is 23.2. The van der Waals surface area contributed by atoms with E-state index in [-0.39, 0.29) is 35.8 Å². The lowest BCUT2D eigenvalue weighted by Crippen LogP contribution is -2.26. The number of hydrogen-bond donors (Lipinski definition) is 1. The number of amides is 1. The molecule has 180 valence electrons. The lowest BCUT2D eigenvalue weighted by atomic mass is 10.1. The van der Waals surface area contributed by atoms with Gasteiger partial charge in [0.05, 0.1) is 12.2 Å². The number of carbonyl (C=O) groups is 1. The average Bonchev–Trinajstić information content (AvgIpc) is 3.28. The maximum Gasteiger partial charge on any atom is 0.411 e. The number of ether oxygens (including phenoxy) is 1. The number of halogens is 3. The van der Waals surface area contributed by atoms with E-state index in [1.54, 1.807) is 24.3 Å². The summed E-state index contributed by atoms with van der Waals surface area (Å²) >= 11 is 0. The standard InChI is InChI=1S/C24H24F2N4O3.ClH/c25-19-13-18(14-20(26)15-19)22-6-7-23(31)30(28-22)16-17-4-3-5-21(12-17)27-24(32)33-11-10-29-8-1-2-9-29;/h3-7,12-15H,1-2,8-11,16H2,(H,27,32);1H. The van der Waals surface area contributed by atoms with Crippen LogP contribution in [0.25, 0.3) is 11.3 Å². The molecule has 1 aliphatic heterocycles. The first-order chi connectivity index (χ1) is 16.0. The average molecular weight is 491 g/mol. The number of nitrogens with one attached hydrogen (secondary N) is 1. The highest BCUT2D eigenvalue weighted by atomic mass is 35.5. The van der Waals surface area contributed by atoms with E-state index in [1.165, 1.54) is 29.7 Å². The Kier molecular flexibility index (Phi) is 8.72. The predicted molar refractivity (Wildman–Crippen MR) is 127 cm³/mol. The van der Waals surface area contributed by atoms with Gasteiger partial charge in [-0.2, -0.15) is 5.10 Å². The molecule has 1 aromatic heterocycles. The molecule has 0 unspecified atom stereocenters. The highest BCUT2D eigenvalue weighted by molar-refractivity contribution is 5.85. The van der Waals surface area contributed by atoms with Gasteiger partial charge in [0.15, 0.2) is 0 Å². The topological polar surface area (TPSA) is 76.5 Å². The first-order valence-corrected chi connectivity index (χ1v) is 10.8. The first-order valence-electron chi connectivity index (χ1n) is 10.8. The van der Waals surface area contributed by atoms with Gasteiger partial charge in [0.2, 0.25) is 0 Å². The zero-order valence-electron chi connectivity index (χ0n) is 18.4. The maximum absolute atomic E-state index is 13.6. The molecule has 1 N–H and O–H groups in total. The molecule has 10 heteroatoms. The smallest absolute Gasteiger partial charge is 0.411 e. The van der Waals surface area contributed by atoms with E-state index in [0.29, 0.717) is 24.4 Å². The summed E-state index contributed by atoms with van der Waals surface area (Å²) in [5.74, 6) is -1.45. The van der Waals surface area contributed by atoms with Gasteiger partial charge in [-0.3, -0.25) is 15.0 Å². The summed E-state index contributed by atoms with van der Waals surface area (Å²) in [7, 11) is 0. The van der Waals surface area contributed by atoms with Crippen molar-refractivity contribution in [1.29, 1.82) is 0 Å². The molecule has 1 amide bonds. The number of nitrogens with zero attached hydrogens (tertiary/aromatic N) is 3. The first kappa shape index (κ1) is 25.3. The zero-order valence-corrected chi connectivity index (χ0v) is 19.2. The lowest BCUT2D eigenvalue weighted by Gasteiger charge is -2.14. The Balaban J connectivity index is 0.00000324. The number of likely N-dealkylation sites (tertiary alicyclic amines) is 1. The van der Waals surface area contributed by atoms with Crippen LogP contribution in [0.5, 0.6) is 0 Å². The molecule has 4 rings (SSSR count). The Bertz CT molecular complexity index is 1180. The SMILES string of the molecule is Cl.O=C(Nc1cccc(Cn2nc(-c3cc(F)cc(F)c3)ccc2=O)c1)OCCN1CCCC1. The van der Waals surface area contributed by atoms with E-state index in [2.05, 4.69) is 15.3 Å². The normalized spacial score (nSPS) is 13.4. The largest absolute Gasteiger partial charge is 0.448 e. The minimum absolute atomic E-state index is 0. The molecule has 1 fully saturated rings. The van der Waals surface area contributed by atoms with E-state index in [9.17, 15) is 18.4 Å². The molecule has 7 nitrogen and oxygen atoms in total. The van der Waals surface area contributed by atoms with Crippen LogP contribution < -0.4 is 10.9 Å². The van der Waals surface area contributed by atoms with Crippen molar-refractivity contribution >= 4 is 24.2 Å². The molecule has 0 radical (unpaired) electrons. The molecule has 2 heterocycles. The summed E-state index contributed by atoms with van der Waals surface area (Å²) in [5.41, 5.74) is 1.37. The van der Waals surface area contributed by atoms with Crippen LogP contribution in [-0.2, 0) is 11.3 Å². The summed E-state index contributed by atoms with van der Waals surface area (Å²) in [4.78, 5) is 26.6. The summed E-state index contributed by atoms with van der Waals surface area (Å²) in [5, 5.41) is 6.93. The van der Waals surface area contributed by atoms with Crippen LogP contribution in [0.1, 0.15) is 18.4 Å². The molecular weight excluding hydrogens is 466 g/mol. The molecule has 0 bridgehead atoms. The molecule has 1 aliphatic rings. The van der Waals surface area contributed by atoms with Gasteiger partial charge < -0.3 is 4.74 Å². The molecule has 0 spiro atoms. The minimum atomic E-state index is -0.726. The quantitative estimate of drug-likeness (QED) is 0.534. The van der Waals surface area contributed by atoms with Crippen LogP contribution in [0.3, 0.4) is 0 Å². The van der Waals surface area contributed by atoms with E-state index < -0.39 is 17.7 Å². The third kappa shape index (κ3) is 6.85. The van der Waals surface area contributed by atoms with E-state index in [4.69, 9.17) is 4.74 Å². The van der Waals surface area contributed by atoms with E-state index in [0.717, 1.165) is 31.3 Å². The fourth-order valence-electron chi connectivity index (χ4n) is 3.77. The Hall–Kier alpha value is -3.30. The Labute approximate surface area is 201 Å². The molecule has 3 aromatic rings. The maximum atomic E-state index is 13.6. The number of carbonyl (C=O) groups excluding carboxylic acids is 1. The van der Waals surface area contributed by atoms with Crippen molar-refractivity contribution in [2.24, 2.45) is 0 Å². The van der Waals surface area contributed by atoms with E-state index in [1.807, 2.05) is 0 Å². The highest BCUT2D eigenvalue weighted by Gasteiger charge is 2.12. The molecule has 0 atom stereocenters. The third-order valence-electron chi connectivity index (χ3n) is 5.37. The summed E-state index contributed by atoms with van der Waals surface area (Å²) in [6.07, 6.45) is 1.81. The molecule has 0 aliphatic carbocycles. The van der Waals surface area contributed by atoms with Crippen molar-refractivity contribution in [3.05, 3.63) is 82.1 Å². The van der Waals surface area contributed by atoms with Gasteiger partial charge >= 0.3 is 6.09 Å². The predicted octanol–water partition coefficient (Wildman–Crippen LogP) is 4.30. The Morgan fingerprint density at radius 1 is 1.03 bits per heavy atom. The fourth-order valence-corrected chi connectivity index (χ4v) is 3.77. The van der Waals surface area contributed by atoms with Crippen molar-refractivity contribution in [2.45, 2.75) is 19.4 Å². The van der Waals surface area contributed by atoms with Gasteiger partial charge in [-0.15, -0.1) is 12.4 Å². The Morgan fingerprint density at radius 2 is 1.76 bits per heavy atom. The number of hydrogen-bond acceptors (Lipinski definition) is 5. The van der Waals surface area contributed by atoms with Crippen molar-refractivity contribution < 1.29 is 18.3 Å². The summed E-state index contributed by atoms with van der Waals surface area (Å²) < 4.78 is 33.6. The molecular formula is C24H25ClF2N4O3. The van der Waals surface area contributed by atoms with Crippen molar-refractivity contribution in [3.8, 4) is 11.3 Å². The van der Waals surface area contributed by atoms with Gasteiger partial charge in [-0.1, -0.05) is 12.1 Å². The minimum Gasteiger partial charge on any atom is -0.448 e. The van der Waals surface area contributed by atoms with Gasteiger partial charge in [0, 0.05) is 29.9 Å². The second-order valence-electron chi connectivity index (χ2n) is 7.88. The second kappa shape index (κ2) is 11.7. The lowest BCUT2D eigenvalue weighted by molar-refractivity contribution is 0.146. The van der Waals surface area contributed by atoms with Crippen molar-refractivity contribution in [2.75, 3.05) is 31.6 Å². The fraction of sp³-hybridized carbons (Fsp3) is 0.292. The molecule has 2 aromatic carbocycles. The Morgan fingerprint density at radius 3 is 2.50 bits per heavy atom. The number of anilines is 1. The summed E-state index contributed by atoms with van der Waals surface area (Å²) in [6.45, 7) is 3.22. The van der Waals surface area contributed by atoms with Crippen LogP contribution in [0.15, 0.2) is 59.4 Å². The van der Waals surface area contributed by atoms with Crippen molar-refractivity contribution in [1.82, 2.24) is 14.7 Å². The second-order valence-corrected chi connectivity index (χ2v) is 7.88. The number of benzene rings is 2. The van der Waals surface area contributed by atoms with Gasteiger partial charge in [-0.25, -0.2) is 18.3 Å². The monoisotopic (exact) mass is 490 g/mol. The van der Waals surface area contributed by atoms with Crippen LogP contribution in [0.2, 0.25) is 0 Å². The third-order valence-corrected chi connectivity index (χ3v) is 5.37. The van der Waals surface area contributed by atoms with Gasteiger partial charge in [0.1, 0.15) is 18.2 Å². The number of aromatic nitrogens is 2. The highest BCUT2D eigenvalue weighted by Crippen LogP contribution is 2.19.